The van der Waals surface area contributed by atoms with Crippen LogP contribution in [0.25, 0.3) is 0 Å². The van der Waals surface area contributed by atoms with E-state index in [1.165, 1.54) is 52.7 Å². The lowest BCUT2D eigenvalue weighted by atomic mass is 9.89. The predicted octanol–water partition coefficient (Wildman–Crippen LogP) is 5.39. The number of unbranched alkanes of at least 4 members (excludes halogenated alkanes) is 5. The normalized spacial score (nSPS) is 13.2. The molecule has 3 nitrogen and oxygen atoms in total. The number of benzene rings is 1. The van der Waals surface area contributed by atoms with Gasteiger partial charge in [-0.05, 0) is 18.1 Å². The zero-order valence-corrected chi connectivity index (χ0v) is 15.2. The van der Waals surface area contributed by atoms with Crippen molar-refractivity contribution in [1.82, 2.24) is 0 Å². The largest absolute Gasteiger partial charge is 0.330 e. The Balaban J connectivity index is 2.91. The van der Waals surface area contributed by atoms with Gasteiger partial charge in [0.1, 0.15) is 11.6 Å². The Morgan fingerprint density at radius 3 is 2.04 bits per heavy atom. The SMILES string of the molecule is CCCCCCCCC(c1ccc(F)cc1F)C(OC)(OC)OC. The van der Waals surface area contributed by atoms with Gasteiger partial charge in [-0.25, -0.2) is 8.78 Å². The summed E-state index contributed by atoms with van der Waals surface area (Å²) in [4.78, 5) is 0. The molecule has 24 heavy (non-hydrogen) atoms. The van der Waals surface area contributed by atoms with E-state index in [1.807, 2.05) is 0 Å². The fraction of sp³-hybridized carbons (Fsp3) is 0.684. The van der Waals surface area contributed by atoms with E-state index in [0.29, 0.717) is 12.0 Å². The molecule has 0 radical (unpaired) electrons. The van der Waals surface area contributed by atoms with Gasteiger partial charge in [0.15, 0.2) is 0 Å². The zero-order chi connectivity index (χ0) is 18.0. The first-order chi connectivity index (χ1) is 11.5. The molecule has 0 aliphatic carbocycles. The maximum Gasteiger partial charge on any atom is 0.289 e. The second kappa shape index (κ2) is 10.7. The summed E-state index contributed by atoms with van der Waals surface area (Å²) >= 11 is 0. The molecule has 0 aliphatic heterocycles. The van der Waals surface area contributed by atoms with Crippen molar-refractivity contribution in [3.8, 4) is 0 Å². The average Bonchev–Trinajstić information content (AvgIpc) is 2.58. The number of methoxy groups -OCH3 is 3. The van der Waals surface area contributed by atoms with E-state index in [0.717, 1.165) is 25.3 Å². The van der Waals surface area contributed by atoms with Gasteiger partial charge in [-0.1, -0.05) is 51.5 Å². The van der Waals surface area contributed by atoms with Crippen molar-refractivity contribution in [2.75, 3.05) is 21.3 Å². The lowest BCUT2D eigenvalue weighted by molar-refractivity contribution is -0.365. The molecular weight excluding hydrogens is 314 g/mol. The first-order valence-corrected chi connectivity index (χ1v) is 8.65. The topological polar surface area (TPSA) is 27.7 Å². The predicted molar refractivity (Wildman–Crippen MR) is 90.9 cm³/mol. The minimum absolute atomic E-state index is 0.343. The molecule has 0 N–H and O–H groups in total. The Bertz CT molecular complexity index is 467. The Morgan fingerprint density at radius 2 is 1.50 bits per heavy atom. The fourth-order valence-corrected chi connectivity index (χ4v) is 3.11. The summed E-state index contributed by atoms with van der Waals surface area (Å²) in [5.41, 5.74) is 0.343. The lowest BCUT2D eigenvalue weighted by Gasteiger charge is -2.36. The molecule has 0 heterocycles. The summed E-state index contributed by atoms with van der Waals surface area (Å²) in [7, 11) is 4.38. The van der Waals surface area contributed by atoms with Crippen LogP contribution >= 0.6 is 0 Å². The van der Waals surface area contributed by atoms with Crippen LogP contribution in [0.15, 0.2) is 18.2 Å². The minimum atomic E-state index is -1.39. The van der Waals surface area contributed by atoms with Crippen molar-refractivity contribution in [2.24, 2.45) is 0 Å². The summed E-state index contributed by atoms with van der Waals surface area (Å²) in [6.07, 6.45) is 7.35. The van der Waals surface area contributed by atoms with Gasteiger partial charge < -0.3 is 14.2 Å². The maximum absolute atomic E-state index is 14.3. The summed E-state index contributed by atoms with van der Waals surface area (Å²) in [6, 6.07) is 3.58. The molecule has 0 spiro atoms. The number of hydrogen-bond acceptors (Lipinski definition) is 3. The molecule has 0 aliphatic rings. The molecule has 0 aromatic heterocycles. The Morgan fingerprint density at radius 1 is 0.917 bits per heavy atom. The van der Waals surface area contributed by atoms with E-state index in [2.05, 4.69) is 6.92 Å². The molecule has 1 atom stereocenters. The third-order valence-electron chi connectivity index (χ3n) is 4.46. The third-order valence-corrected chi connectivity index (χ3v) is 4.46. The van der Waals surface area contributed by atoms with E-state index >= 15 is 0 Å². The molecule has 1 unspecified atom stereocenters. The average molecular weight is 344 g/mol. The highest BCUT2D eigenvalue weighted by Crippen LogP contribution is 2.38. The summed E-state index contributed by atoms with van der Waals surface area (Å²) in [6.45, 7) is 2.18. The Hall–Kier alpha value is -1.04. The summed E-state index contributed by atoms with van der Waals surface area (Å²) in [5.74, 6) is -3.08. The molecule has 1 aromatic rings. The molecule has 0 fully saturated rings. The molecular formula is C19H30F2O3. The monoisotopic (exact) mass is 344 g/mol. The number of halogens is 2. The molecule has 1 rings (SSSR count). The molecule has 0 saturated heterocycles. The van der Waals surface area contributed by atoms with Crippen LogP contribution in [-0.2, 0) is 14.2 Å². The highest BCUT2D eigenvalue weighted by Gasteiger charge is 2.42. The van der Waals surface area contributed by atoms with Gasteiger partial charge in [-0.15, -0.1) is 0 Å². The second-order valence-corrected chi connectivity index (χ2v) is 5.99. The van der Waals surface area contributed by atoms with Crippen molar-refractivity contribution in [3.05, 3.63) is 35.4 Å². The van der Waals surface area contributed by atoms with Crippen LogP contribution in [0.2, 0.25) is 0 Å². The van der Waals surface area contributed by atoms with Crippen LogP contribution < -0.4 is 0 Å². The van der Waals surface area contributed by atoms with Gasteiger partial charge in [0.05, 0.1) is 5.92 Å². The van der Waals surface area contributed by atoms with Gasteiger partial charge in [0.25, 0.3) is 5.97 Å². The third kappa shape index (κ3) is 5.50. The van der Waals surface area contributed by atoms with Crippen LogP contribution in [0.1, 0.15) is 63.4 Å². The van der Waals surface area contributed by atoms with E-state index in [9.17, 15) is 8.78 Å². The quantitative estimate of drug-likeness (QED) is 0.376. The van der Waals surface area contributed by atoms with Crippen molar-refractivity contribution in [2.45, 2.75) is 63.8 Å². The van der Waals surface area contributed by atoms with Gasteiger partial charge in [0, 0.05) is 27.4 Å². The van der Waals surface area contributed by atoms with E-state index < -0.39 is 23.5 Å². The van der Waals surface area contributed by atoms with Crippen LogP contribution in [0.5, 0.6) is 0 Å². The Kier molecular flexibility index (Phi) is 9.41. The number of rotatable bonds is 12. The van der Waals surface area contributed by atoms with Gasteiger partial charge in [-0.2, -0.15) is 0 Å². The number of hydrogen-bond donors (Lipinski definition) is 0. The number of ether oxygens (including phenoxy) is 3. The molecule has 5 heteroatoms. The van der Waals surface area contributed by atoms with Crippen molar-refractivity contribution < 1.29 is 23.0 Å². The van der Waals surface area contributed by atoms with Crippen LogP contribution in [-0.4, -0.2) is 27.3 Å². The van der Waals surface area contributed by atoms with Crippen molar-refractivity contribution in [3.63, 3.8) is 0 Å². The summed E-state index contributed by atoms with van der Waals surface area (Å²) < 4.78 is 43.8. The maximum atomic E-state index is 14.3. The highest BCUT2D eigenvalue weighted by molar-refractivity contribution is 5.24. The molecule has 0 saturated carbocycles. The fourth-order valence-electron chi connectivity index (χ4n) is 3.11. The van der Waals surface area contributed by atoms with Crippen molar-refractivity contribution >= 4 is 0 Å². The minimum Gasteiger partial charge on any atom is -0.330 e. The van der Waals surface area contributed by atoms with E-state index in [1.54, 1.807) is 0 Å². The van der Waals surface area contributed by atoms with Crippen LogP contribution in [0, 0.1) is 11.6 Å². The lowest BCUT2D eigenvalue weighted by Crippen LogP contribution is -2.43. The summed E-state index contributed by atoms with van der Waals surface area (Å²) in [5, 5.41) is 0. The second-order valence-electron chi connectivity index (χ2n) is 5.99. The van der Waals surface area contributed by atoms with Crippen LogP contribution in [0.3, 0.4) is 0 Å². The standard InChI is InChI=1S/C19H30F2O3/c1-5-6-7-8-9-10-11-17(19(22-2,23-3)24-4)16-13-12-15(20)14-18(16)21/h12-14,17H,5-11H2,1-4H3. The molecule has 0 amide bonds. The van der Waals surface area contributed by atoms with E-state index in [-0.39, 0.29) is 0 Å². The van der Waals surface area contributed by atoms with Gasteiger partial charge in [-0.3, -0.25) is 0 Å². The van der Waals surface area contributed by atoms with E-state index in [4.69, 9.17) is 14.2 Å². The van der Waals surface area contributed by atoms with Crippen molar-refractivity contribution in [1.29, 1.82) is 0 Å². The first kappa shape index (κ1) is 21.0. The Labute approximate surface area is 144 Å². The highest BCUT2D eigenvalue weighted by atomic mass is 19.1. The first-order valence-electron chi connectivity index (χ1n) is 8.65. The van der Waals surface area contributed by atoms with Gasteiger partial charge >= 0.3 is 0 Å². The zero-order valence-electron chi connectivity index (χ0n) is 15.2. The van der Waals surface area contributed by atoms with Gasteiger partial charge in [0.2, 0.25) is 0 Å². The van der Waals surface area contributed by atoms with Crippen LogP contribution in [0.4, 0.5) is 8.78 Å². The molecule has 1 aromatic carbocycles. The molecule has 138 valence electrons. The smallest absolute Gasteiger partial charge is 0.289 e. The molecule has 0 bridgehead atoms.